The Bertz CT molecular complexity index is 867. The number of aryl methyl sites for hydroxylation is 1. The van der Waals surface area contributed by atoms with Crippen LogP contribution in [0.1, 0.15) is 37.8 Å². The van der Waals surface area contributed by atoms with Gasteiger partial charge in [0.25, 0.3) is 0 Å². The van der Waals surface area contributed by atoms with Crippen LogP contribution in [0.4, 0.5) is 0 Å². The summed E-state index contributed by atoms with van der Waals surface area (Å²) in [6.45, 7) is 2.87. The summed E-state index contributed by atoms with van der Waals surface area (Å²) in [7, 11) is 1.59. The Kier molecular flexibility index (Phi) is 8.10. The molecule has 1 fully saturated rings. The molecule has 9 heteroatoms. The summed E-state index contributed by atoms with van der Waals surface area (Å²) in [4.78, 5) is 38.6. The number of epoxide rings is 1. The van der Waals surface area contributed by atoms with Gasteiger partial charge in [-0.25, -0.2) is 0 Å². The molecule has 1 aromatic rings. The van der Waals surface area contributed by atoms with Crippen LogP contribution in [0, 0.1) is 11.8 Å². The van der Waals surface area contributed by atoms with Crippen LogP contribution in [-0.2, 0) is 32.0 Å². The second-order valence-corrected chi connectivity index (χ2v) is 9.28. The molecule has 4 atom stereocenters. The van der Waals surface area contributed by atoms with E-state index in [-0.39, 0.29) is 24.3 Å². The zero-order valence-electron chi connectivity index (χ0n) is 19.4. The van der Waals surface area contributed by atoms with E-state index in [0.29, 0.717) is 19.3 Å². The van der Waals surface area contributed by atoms with Crippen molar-refractivity contribution in [1.29, 1.82) is 0 Å². The normalized spacial score (nSPS) is 23.3. The number of carbonyl (C=O) groups excluding carboxylic acids is 3. The van der Waals surface area contributed by atoms with E-state index < -0.39 is 42.6 Å². The molecule has 1 saturated heterocycles. The van der Waals surface area contributed by atoms with Crippen LogP contribution in [0.5, 0.6) is 5.75 Å². The number of ketones is 1. The molecular weight excluding hydrogens is 428 g/mol. The SMILES string of the molecule is COc1cccc2c1CC(C(=O)NC(CO)C(=O)NC(CC(C)C)C(=O)C1(CO)CO1)CC2. The van der Waals surface area contributed by atoms with Gasteiger partial charge < -0.3 is 30.3 Å². The highest BCUT2D eigenvalue weighted by Gasteiger charge is 2.54. The fourth-order valence-corrected chi connectivity index (χ4v) is 4.35. The Labute approximate surface area is 193 Å². The number of aliphatic hydroxyl groups excluding tert-OH is 2. The number of methoxy groups -OCH3 is 1. The summed E-state index contributed by atoms with van der Waals surface area (Å²) < 4.78 is 10.6. The molecule has 0 spiro atoms. The monoisotopic (exact) mass is 462 g/mol. The van der Waals surface area contributed by atoms with Gasteiger partial charge in [0.1, 0.15) is 11.8 Å². The summed E-state index contributed by atoms with van der Waals surface area (Å²) in [5, 5.41) is 24.6. The van der Waals surface area contributed by atoms with Gasteiger partial charge in [-0.1, -0.05) is 26.0 Å². The average molecular weight is 463 g/mol. The lowest BCUT2D eigenvalue weighted by molar-refractivity contribution is -0.135. The minimum absolute atomic E-state index is 0.0909. The second kappa shape index (κ2) is 10.6. The van der Waals surface area contributed by atoms with Crippen LogP contribution in [0.15, 0.2) is 18.2 Å². The van der Waals surface area contributed by atoms with Crippen LogP contribution in [-0.4, -0.2) is 72.4 Å². The third kappa shape index (κ3) is 5.72. The van der Waals surface area contributed by atoms with Gasteiger partial charge in [0.05, 0.1) is 33.0 Å². The molecule has 0 bridgehead atoms. The Balaban J connectivity index is 1.65. The molecule has 0 aromatic heterocycles. The number of aliphatic hydroxyl groups is 2. The Morgan fingerprint density at radius 3 is 2.52 bits per heavy atom. The molecule has 1 aromatic carbocycles. The van der Waals surface area contributed by atoms with Gasteiger partial charge in [-0.15, -0.1) is 0 Å². The zero-order valence-corrected chi connectivity index (χ0v) is 19.4. The minimum atomic E-state index is -1.26. The third-order valence-electron chi connectivity index (χ3n) is 6.39. The molecule has 4 unspecified atom stereocenters. The maximum Gasteiger partial charge on any atom is 0.245 e. The van der Waals surface area contributed by atoms with E-state index in [2.05, 4.69) is 10.6 Å². The van der Waals surface area contributed by atoms with E-state index >= 15 is 0 Å². The van der Waals surface area contributed by atoms with Crippen molar-refractivity contribution in [2.24, 2.45) is 11.8 Å². The lowest BCUT2D eigenvalue weighted by Crippen LogP contribution is -2.56. The number of hydrogen-bond acceptors (Lipinski definition) is 7. The molecule has 0 saturated carbocycles. The molecule has 1 aliphatic heterocycles. The fourth-order valence-electron chi connectivity index (χ4n) is 4.35. The van der Waals surface area contributed by atoms with Crippen LogP contribution in [0.3, 0.4) is 0 Å². The Morgan fingerprint density at radius 1 is 1.21 bits per heavy atom. The van der Waals surface area contributed by atoms with E-state index in [0.717, 1.165) is 23.3 Å². The highest BCUT2D eigenvalue weighted by molar-refractivity contribution is 5.98. The van der Waals surface area contributed by atoms with E-state index in [1.54, 1.807) is 7.11 Å². The molecule has 2 aliphatic rings. The molecule has 3 rings (SSSR count). The van der Waals surface area contributed by atoms with Crippen molar-refractivity contribution in [2.75, 3.05) is 26.9 Å². The van der Waals surface area contributed by atoms with Gasteiger partial charge in [-0.3, -0.25) is 14.4 Å². The fraction of sp³-hybridized carbons (Fsp3) is 0.625. The van der Waals surface area contributed by atoms with Crippen molar-refractivity contribution in [2.45, 2.75) is 57.2 Å². The van der Waals surface area contributed by atoms with Crippen LogP contribution in [0.25, 0.3) is 0 Å². The number of ether oxygens (including phenoxy) is 2. The smallest absolute Gasteiger partial charge is 0.245 e. The number of hydrogen-bond donors (Lipinski definition) is 4. The summed E-state index contributed by atoms with van der Waals surface area (Å²) in [6, 6.07) is 3.72. The largest absolute Gasteiger partial charge is 0.496 e. The number of Topliss-reactive ketones (excluding diaryl/α,β-unsaturated/α-hetero) is 1. The van der Waals surface area contributed by atoms with Crippen molar-refractivity contribution in [3.8, 4) is 5.75 Å². The van der Waals surface area contributed by atoms with Crippen molar-refractivity contribution in [3.05, 3.63) is 29.3 Å². The number of carbonyl (C=O) groups is 3. The number of fused-ring (bicyclic) bond motifs is 1. The molecule has 182 valence electrons. The first kappa shape index (κ1) is 25.1. The molecule has 4 N–H and O–H groups in total. The first-order valence-electron chi connectivity index (χ1n) is 11.4. The molecule has 2 amide bonds. The van der Waals surface area contributed by atoms with Crippen LogP contribution in [0.2, 0.25) is 0 Å². The van der Waals surface area contributed by atoms with Gasteiger partial charge in [0, 0.05) is 5.92 Å². The third-order valence-corrected chi connectivity index (χ3v) is 6.39. The Morgan fingerprint density at radius 2 is 1.94 bits per heavy atom. The molecule has 1 heterocycles. The van der Waals surface area contributed by atoms with E-state index in [1.165, 1.54) is 0 Å². The van der Waals surface area contributed by atoms with Gasteiger partial charge in [0.2, 0.25) is 11.8 Å². The predicted molar refractivity (Wildman–Crippen MR) is 120 cm³/mol. The standard InChI is InChI=1S/C24H34N2O7/c1-14(2)9-18(21(29)24(12-28)13-33-24)25-23(31)19(11-27)26-22(30)16-8-7-15-5-4-6-20(32-3)17(15)10-16/h4-6,14,16,18-19,27-28H,7-13H2,1-3H3,(H,25,31)(H,26,30). The zero-order chi connectivity index (χ0) is 24.2. The van der Waals surface area contributed by atoms with Crippen molar-refractivity contribution in [3.63, 3.8) is 0 Å². The lowest BCUT2D eigenvalue weighted by Gasteiger charge is -2.28. The second-order valence-electron chi connectivity index (χ2n) is 9.28. The maximum absolute atomic E-state index is 12.9. The number of rotatable bonds is 11. The van der Waals surface area contributed by atoms with Crippen LogP contribution < -0.4 is 15.4 Å². The van der Waals surface area contributed by atoms with E-state index in [1.807, 2.05) is 32.0 Å². The topological polar surface area (TPSA) is 137 Å². The number of benzene rings is 1. The van der Waals surface area contributed by atoms with Gasteiger partial charge in [-0.05, 0) is 48.8 Å². The van der Waals surface area contributed by atoms with Gasteiger partial charge >= 0.3 is 0 Å². The van der Waals surface area contributed by atoms with Crippen molar-refractivity contribution in [1.82, 2.24) is 10.6 Å². The first-order chi connectivity index (χ1) is 15.7. The summed E-state index contributed by atoms with van der Waals surface area (Å²) >= 11 is 0. The molecule has 33 heavy (non-hydrogen) atoms. The summed E-state index contributed by atoms with van der Waals surface area (Å²) in [6.07, 6.45) is 2.17. The molecule has 1 aliphatic carbocycles. The van der Waals surface area contributed by atoms with E-state index in [9.17, 15) is 24.6 Å². The maximum atomic E-state index is 12.9. The number of amides is 2. The van der Waals surface area contributed by atoms with E-state index in [4.69, 9.17) is 9.47 Å². The predicted octanol–water partition coefficient (Wildman–Crippen LogP) is 0.139. The van der Waals surface area contributed by atoms with Gasteiger partial charge in [-0.2, -0.15) is 0 Å². The average Bonchev–Trinajstić information content (AvgIpc) is 3.61. The lowest BCUT2D eigenvalue weighted by atomic mass is 9.83. The summed E-state index contributed by atoms with van der Waals surface area (Å²) in [5.41, 5.74) is 0.863. The molecular formula is C24H34N2O7. The molecule has 9 nitrogen and oxygen atoms in total. The minimum Gasteiger partial charge on any atom is -0.496 e. The van der Waals surface area contributed by atoms with Crippen molar-refractivity contribution < 1.29 is 34.1 Å². The molecule has 0 radical (unpaired) electrons. The van der Waals surface area contributed by atoms with Gasteiger partial charge in [0.15, 0.2) is 11.4 Å². The van der Waals surface area contributed by atoms with Crippen LogP contribution >= 0.6 is 0 Å². The highest BCUT2D eigenvalue weighted by atomic mass is 16.6. The Hall–Kier alpha value is -2.49. The first-order valence-corrected chi connectivity index (χ1v) is 11.4. The summed E-state index contributed by atoms with van der Waals surface area (Å²) in [5.74, 6) is -0.908. The van der Waals surface area contributed by atoms with Crippen molar-refractivity contribution >= 4 is 17.6 Å². The number of nitrogens with one attached hydrogen (secondary N) is 2. The quantitative estimate of drug-likeness (QED) is 0.343. The highest BCUT2D eigenvalue weighted by Crippen LogP contribution is 2.32.